The quantitative estimate of drug-likeness (QED) is 0.638. The summed E-state index contributed by atoms with van der Waals surface area (Å²) in [7, 11) is 0. The summed E-state index contributed by atoms with van der Waals surface area (Å²) >= 11 is 0. The van der Waals surface area contributed by atoms with E-state index in [4.69, 9.17) is 0 Å². The summed E-state index contributed by atoms with van der Waals surface area (Å²) in [4.78, 5) is 0. The van der Waals surface area contributed by atoms with E-state index in [1.165, 1.54) is 12.1 Å². The maximum absolute atomic E-state index is 12.2. The van der Waals surface area contributed by atoms with Crippen molar-refractivity contribution in [1.82, 2.24) is 0 Å². The van der Waals surface area contributed by atoms with Crippen LogP contribution >= 0.6 is 0 Å². The first-order valence-corrected chi connectivity index (χ1v) is 7.28. The lowest BCUT2D eigenvalue weighted by atomic mass is 9.99. The third-order valence-electron chi connectivity index (χ3n) is 3.51. The predicted octanol–water partition coefficient (Wildman–Crippen LogP) is 5.91. The van der Waals surface area contributed by atoms with Crippen LogP contribution in [-0.2, 0) is 0 Å². The Morgan fingerprint density at radius 1 is 0.750 bits per heavy atom. The summed E-state index contributed by atoms with van der Waals surface area (Å²) in [6.07, 6.45) is -0.728. The average Bonchev–Trinajstić information content (AvgIpc) is 2.55. The molecule has 24 heavy (non-hydrogen) atoms. The molecule has 1 aliphatic rings. The minimum Gasteiger partial charge on any atom is -0.406 e. The molecule has 0 aromatic heterocycles. The lowest BCUT2D eigenvalue weighted by molar-refractivity contribution is -0.274. The number of benzene rings is 2. The Bertz CT molecular complexity index is 872. The van der Waals surface area contributed by atoms with Crippen LogP contribution in [0.25, 0.3) is 16.7 Å². The van der Waals surface area contributed by atoms with Gasteiger partial charge in [0.1, 0.15) is 5.75 Å². The van der Waals surface area contributed by atoms with Crippen molar-refractivity contribution in [2.45, 2.75) is 13.3 Å². The lowest BCUT2D eigenvalue weighted by Gasteiger charge is -2.09. The van der Waals surface area contributed by atoms with Crippen LogP contribution in [0.3, 0.4) is 0 Å². The fraction of sp³-hybridized carbons (Fsp3) is 0.100. The van der Waals surface area contributed by atoms with Crippen molar-refractivity contribution in [2.24, 2.45) is 0 Å². The molecule has 0 bridgehead atoms. The first-order valence-electron chi connectivity index (χ1n) is 7.28. The van der Waals surface area contributed by atoms with Gasteiger partial charge in [-0.05, 0) is 53.5 Å². The molecule has 0 N–H and O–H groups in total. The second-order valence-corrected chi connectivity index (χ2v) is 5.33. The van der Waals surface area contributed by atoms with Crippen LogP contribution in [0.5, 0.6) is 5.75 Å². The molecule has 0 saturated heterocycles. The molecule has 0 heterocycles. The molecule has 3 rings (SSSR count). The summed E-state index contributed by atoms with van der Waals surface area (Å²) < 4.78 is 40.4. The Balaban J connectivity index is 1.81. The molecule has 4 heteroatoms. The van der Waals surface area contributed by atoms with E-state index < -0.39 is 6.36 Å². The van der Waals surface area contributed by atoms with Crippen molar-refractivity contribution in [3.8, 4) is 16.9 Å². The number of hydrogen-bond acceptors (Lipinski definition) is 1. The van der Waals surface area contributed by atoms with Gasteiger partial charge in [0.15, 0.2) is 0 Å². The van der Waals surface area contributed by atoms with E-state index >= 15 is 0 Å². The van der Waals surface area contributed by atoms with Gasteiger partial charge in [-0.2, -0.15) is 0 Å². The zero-order chi connectivity index (χ0) is 17.2. The van der Waals surface area contributed by atoms with Gasteiger partial charge < -0.3 is 4.74 Å². The second-order valence-electron chi connectivity index (χ2n) is 5.33. The van der Waals surface area contributed by atoms with Crippen LogP contribution in [-0.4, -0.2) is 6.36 Å². The zero-order valence-corrected chi connectivity index (χ0v) is 12.8. The highest BCUT2D eigenvalue weighted by Gasteiger charge is 2.30. The summed E-state index contributed by atoms with van der Waals surface area (Å²) in [6, 6.07) is 13.5. The van der Waals surface area contributed by atoms with Crippen LogP contribution < -0.4 is 4.74 Å². The minimum absolute atomic E-state index is 0.229. The molecule has 2 aromatic rings. The number of hydrogen-bond donors (Lipinski definition) is 0. The average molecular weight is 326 g/mol. The van der Waals surface area contributed by atoms with Gasteiger partial charge in [0, 0.05) is 5.57 Å². The van der Waals surface area contributed by atoms with E-state index in [-0.39, 0.29) is 5.75 Å². The fourth-order valence-corrected chi connectivity index (χ4v) is 2.32. The van der Waals surface area contributed by atoms with Crippen molar-refractivity contribution in [3.05, 3.63) is 83.3 Å². The fourth-order valence-electron chi connectivity index (χ4n) is 2.32. The van der Waals surface area contributed by atoms with Gasteiger partial charge in [0.05, 0.1) is 0 Å². The third kappa shape index (κ3) is 3.88. The second kappa shape index (κ2) is 6.29. The van der Waals surface area contributed by atoms with E-state index in [2.05, 4.69) is 16.2 Å². The van der Waals surface area contributed by atoms with Crippen molar-refractivity contribution < 1.29 is 17.9 Å². The molecule has 0 aliphatic heterocycles. The molecule has 0 radical (unpaired) electrons. The number of allylic oxidation sites excluding steroid dienone is 4. The molecule has 1 aliphatic carbocycles. The highest BCUT2D eigenvalue weighted by molar-refractivity contribution is 5.77. The minimum atomic E-state index is -4.68. The van der Waals surface area contributed by atoms with Gasteiger partial charge in [-0.3, -0.25) is 0 Å². The van der Waals surface area contributed by atoms with Crippen LogP contribution in [0.2, 0.25) is 0 Å². The van der Waals surface area contributed by atoms with Crippen LogP contribution in [0, 0.1) is 0 Å². The smallest absolute Gasteiger partial charge is 0.406 e. The molecule has 0 fully saturated rings. The van der Waals surface area contributed by atoms with E-state index in [1.807, 2.05) is 43.3 Å². The van der Waals surface area contributed by atoms with Crippen LogP contribution in [0.1, 0.15) is 12.5 Å². The first kappa shape index (κ1) is 15.9. The van der Waals surface area contributed by atoms with E-state index in [0.29, 0.717) is 0 Å². The molecule has 1 nitrogen and oxygen atoms in total. The van der Waals surface area contributed by atoms with E-state index in [1.54, 1.807) is 12.1 Å². The van der Waals surface area contributed by atoms with E-state index in [0.717, 1.165) is 27.8 Å². The number of ether oxygens (including phenoxy) is 1. The summed E-state index contributed by atoms with van der Waals surface area (Å²) in [5.74, 6) is -0.229. The van der Waals surface area contributed by atoms with E-state index in [9.17, 15) is 13.2 Å². The topological polar surface area (TPSA) is 9.23 Å². The lowest BCUT2D eigenvalue weighted by Crippen LogP contribution is -2.16. The first-order chi connectivity index (χ1) is 11.4. The van der Waals surface area contributed by atoms with Crippen LogP contribution in [0.4, 0.5) is 13.2 Å². The Morgan fingerprint density at radius 2 is 1.29 bits per heavy atom. The standard InChI is InChI=1S/C20H13F3O/c1-14-2-4-15(5-3-14)16-6-8-17(9-7-16)18-10-12-19(13-11-18)24-20(21,22)23/h2,4,6-13H,1H3. The molecule has 0 unspecified atom stereocenters. The van der Waals surface area contributed by atoms with Gasteiger partial charge in [0.2, 0.25) is 0 Å². The molecule has 120 valence electrons. The van der Waals surface area contributed by atoms with Crippen molar-refractivity contribution >= 4 is 5.57 Å². The molecule has 0 spiro atoms. The number of alkyl halides is 3. The third-order valence-corrected chi connectivity index (χ3v) is 3.51. The Labute approximate surface area is 137 Å². The zero-order valence-electron chi connectivity index (χ0n) is 12.8. The van der Waals surface area contributed by atoms with Gasteiger partial charge >= 0.3 is 6.36 Å². The molecule has 0 saturated carbocycles. The Hall–Kier alpha value is -2.93. The molecular formula is C20H13F3O. The maximum atomic E-state index is 12.2. The normalized spacial score (nSPS) is 13.5. The monoisotopic (exact) mass is 326 g/mol. The Kier molecular flexibility index (Phi) is 4.18. The molecular weight excluding hydrogens is 313 g/mol. The highest BCUT2D eigenvalue weighted by Crippen LogP contribution is 2.27. The molecule has 0 amide bonds. The number of rotatable bonds is 3. The van der Waals surface area contributed by atoms with Gasteiger partial charge in [-0.1, -0.05) is 47.9 Å². The molecule has 0 atom stereocenters. The van der Waals surface area contributed by atoms with Crippen molar-refractivity contribution in [2.75, 3.05) is 0 Å². The number of halogens is 3. The van der Waals surface area contributed by atoms with Gasteiger partial charge in [-0.15, -0.1) is 13.2 Å². The highest BCUT2D eigenvalue weighted by atomic mass is 19.4. The predicted molar refractivity (Wildman–Crippen MR) is 87.3 cm³/mol. The Morgan fingerprint density at radius 3 is 1.79 bits per heavy atom. The summed E-state index contributed by atoms with van der Waals surface area (Å²) in [6.45, 7) is 1.95. The van der Waals surface area contributed by atoms with Gasteiger partial charge in [0.25, 0.3) is 0 Å². The molecule has 2 aromatic carbocycles. The van der Waals surface area contributed by atoms with Gasteiger partial charge in [-0.25, -0.2) is 0 Å². The van der Waals surface area contributed by atoms with Crippen LogP contribution in [0.15, 0.2) is 77.7 Å². The summed E-state index contributed by atoms with van der Waals surface area (Å²) in [5.41, 5.74) is 10.8. The van der Waals surface area contributed by atoms with Crippen molar-refractivity contribution in [3.63, 3.8) is 0 Å². The SMILES string of the molecule is CC1=C=C=C(c2ccc(-c3ccc(OC(F)(F)F)cc3)cc2)C=C1. The maximum Gasteiger partial charge on any atom is 0.573 e. The summed E-state index contributed by atoms with van der Waals surface area (Å²) in [5, 5.41) is 0. The van der Waals surface area contributed by atoms with Crippen molar-refractivity contribution in [1.29, 1.82) is 0 Å². The largest absolute Gasteiger partial charge is 0.573 e.